The van der Waals surface area contributed by atoms with Gasteiger partial charge in [-0.15, -0.1) is 0 Å². The number of amides is 1. The van der Waals surface area contributed by atoms with Gasteiger partial charge < -0.3 is 14.8 Å². The highest BCUT2D eigenvalue weighted by Crippen LogP contribution is 2.52. The maximum atomic E-state index is 13.7. The van der Waals surface area contributed by atoms with Gasteiger partial charge >= 0.3 is 18.2 Å². The molecule has 2 aliphatic carbocycles. The number of nitrogens with one attached hydrogen (secondary N) is 2. The van der Waals surface area contributed by atoms with Crippen LogP contribution in [0.4, 0.5) is 18.0 Å². The number of hydrogen-bond donors (Lipinski definition) is 2. The fourth-order valence-electron chi connectivity index (χ4n) is 4.53. The molecule has 2 atom stereocenters. The maximum absolute atomic E-state index is 13.7. The summed E-state index contributed by atoms with van der Waals surface area (Å²) in [4.78, 5) is 40.9. The molecule has 0 bridgehead atoms. The number of carbonyl (C=O) groups excluding carboxylic acids is 3. The van der Waals surface area contributed by atoms with E-state index in [2.05, 4.69) is 21.2 Å². The van der Waals surface area contributed by atoms with E-state index in [9.17, 15) is 27.6 Å². The molecule has 12 heteroatoms. The molecule has 2 N–H and O–H groups in total. The number of ether oxygens (including phenoxy) is 2. The van der Waals surface area contributed by atoms with Gasteiger partial charge in [0.25, 0.3) is 0 Å². The highest BCUT2D eigenvalue weighted by Gasteiger charge is 2.60. The summed E-state index contributed by atoms with van der Waals surface area (Å²) >= 11 is 3.04. The summed E-state index contributed by atoms with van der Waals surface area (Å²) in [7, 11) is 0. The number of hydrogen-bond acceptors (Lipinski definition) is 7. The first-order valence-corrected chi connectivity index (χ1v) is 12.8. The van der Waals surface area contributed by atoms with Crippen LogP contribution in [0.5, 0.6) is 0 Å². The second-order valence-corrected chi connectivity index (χ2v) is 11.2. The summed E-state index contributed by atoms with van der Waals surface area (Å²) in [5, 5.41) is 10.7. The van der Waals surface area contributed by atoms with E-state index in [1.54, 1.807) is 20.8 Å². The average molecular weight is 590 g/mol. The van der Waals surface area contributed by atoms with Crippen LogP contribution in [0.3, 0.4) is 0 Å². The van der Waals surface area contributed by atoms with Gasteiger partial charge in [-0.2, -0.15) is 13.2 Å². The quantitative estimate of drug-likeness (QED) is 0.330. The number of nitrogens with zero attached hydrogens (tertiary/aromatic N) is 1. The Morgan fingerprint density at radius 2 is 1.89 bits per heavy atom. The van der Waals surface area contributed by atoms with Crippen molar-refractivity contribution in [3.63, 3.8) is 0 Å². The average Bonchev–Trinajstić information content (AvgIpc) is 3.43. The Balaban J connectivity index is 1.95. The molecule has 2 unspecified atom stereocenters. The summed E-state index contributed by atoms with van der Waals surface area (Å²) in [5.41, 5.74) is -3.13. The molecule has 3 aliphatic rings. The number of esters is 1. The first-order chi connectivity index (χ1) is 17.0. The number of halogens is 4. The molecule has 1 saturated heterocycles. The van der Waals surface area contributed by atoms with Crippen molar-refractivity contribution in [2.24, 2.45) is 0 Å². The van der Waals surface area contributed by atoms with Gasteiger partial charge in [0.05, 0.1) is 23.9 Å². The Kier molecular flexibility index (Phi) is 8.03. The minimum absolute atomic E-state index is 0.0659. The molecule has 1 saturated carbocycles. The van der Waals surface area contributed by atoms with E-state index >= 15 is 0 Å². The molecule has 0 aromatic carbocycles. The molecule has 3 rings (SSSR count). The number of alkyl halides is 3. The van der Waals surface area contributed by atoms with Crippen LogP contribution in [0.15, 0.2) is 33.5 Å². The minimum Gasteiger partial charge on any atom is -0.464 e. The zero-order valence-corrected chi connectivity index (χ0v) is 22.9. The number of rotatable bonds is 6. The lowest BCUT2D eigenvalue weighted by Crippen LogP contribution is -2.55. The third-order valence-electron chi connectivity index (χ3n) is 6.52. The van der Waals surface area contributed by atoms with Crippen LogP contribution < -0.4 is 5.32 Å². The molecule has 0 aromatic heterocycles. The standard InChI is InChI=1S/C25H31BrF3N3O5/c1-6-36-21(34)19(31-12-14-15(25(27,28)29)11-16(26)13(2)18(14)30)20(33)17-7-8-24(9-10-24)32(17)22(35)37-23(3,4)5/h11-12,17,19,30-31H,6-10H2,1-5H3/b14-12-,30-18?. The van der Waals surface area contributed by atoms with Crippen LogP contribution in [-0.4, -0.2) is 64.5 Å². The van der Waals surface area contributed by atoms with Crippen molar-refractivity contribution in [3.8, 4) is 0 Å². The SMILES string of the molecule is CCOC(=O)C(N/C=C1\C(=N)C(C)=C(Br)C=C1C(F)(F)F)C(=O)C1CCC2(CC2)N1C(=O)OC(C)(C)C. The Morgan fingerprint density at radius 3 is 2.41 bits per heavy atom. The van der Waals surface area contributed by atoms with Crippen LogP contribution in [-0.2, 0) is 19.1 Å². The Bertz CT molecular complexity index is 1100. The molecular formula is C25H31BrF3N3O5. The van der Waals surface area contributed by atoms with Crippen LogP contribution in [0.2, 0.25) is 0 Å². The number of Topliss-reactive ketones (excluding diaryl/α,β-unsaturated/α-hetero) is 1. The van der Waals surface area contributed by atoms with Gasteiger partial charge in [-0.25, -0.2) is 9.59 Å². The zero-order valence-electron chi connectivity index (χ0n) is 21.3. The van der Waals surface area contributed by atoms with Crippen molar-refractivity contribution in [1.29, 1.82) is 5.41 Å². The van der Waals surface area contributed by atoms with Gasteiger partial charge in [0.15, 0.2) is 11.8 Å². The fourth-order valence-corrected chi connectivity index (χ4v) is 4.95. The molecule has 0 aromatic rings. The Morgan fingerprint density at radius 1 is 1.27 bits per heavy atom. The molecule has 204 valence electrons. The van der Waals surface area contributed by atoms with Crippen molar-refractivity contribution in [1.82, 2.24) is 10.2 Å². The summed E-state index contributed by atoms with van der Waals surface area (Å²) in [5.74, 6) is -1.70. The van der Waals surface area contributed by atoms with Crippen LogP contribution >= 0.6 is 15.9 Å². The second-order valence-electron chi connectivity index (χ2n) is 10.3. The molecular weight excluding hydrogens is 559 g/mol. The fraction of sp³-hybridized carbons (Fsp3) is 0.600. The summed E-state index contributed by atoms with van der Waals surface area (Å²) < 4.78 is 51.9. The van der Waals surface area contributed by atoms with Crippen molar-refractivity contribution >= 4 is 39.5 Å². The predicted octanol–water partition coefficient (Wildman–Crippen LogP) is 5.08. The molecule has 0 radical (unpaired) electrons. The zero-order chi connectivity index (χ0) is 27.9. The van der Waals surface area contributed by atoms with E-state index in [1.807, 2.05) is 0 Å². The van der Waals surface area contributed by atoms with Crippen LogP contribution in [0.1, 0.15) is 60.3 Å². The van der Waals surface area contributed by atoms with Crippen LogP contribution in [0, 0.1) is 5.41 Å². The number of allylic oxidation sites excluding steroid dienone is 5. The van der Waals surface area contributed by atoms with Crippen molar-refractivity contribution < 1.29 is 37.0 Å². The Labute approximate surface area is 221 Å². The lowest BCUT2D eigenvalue weighted by Gasteiger charge is -2.33. The molecule has 2 fully saturated rings. The van der Waals surface area contributed by atoms with Gasteiger partial charge in [0.1, 0.15) is 5.60 Å². The minimum atomic E-state index is -4.79. The second kappa shape index (κ2) is 10.3. The highest BCUT2D eigenvalue weighted by molar-refractivity contribution is 9.12. The van der Waals surface area contributed by atoms with E-state index in [0.717, 1.165) is 12.3 Å². The molecule has 37 heavy (non-hydrogen) atoms. The number of likely N-dealkylation sites (tertiary alicyclic amines) is 1. The topological polar surface area (TPSA) is 109 Å². The lowest BCUT2D eigenvalue weighted by molar-refractivity contribution is -0.149. The maximum Gasteiger partial charge on any atom is 0.417 e. The molecule has 8 nitrogen and oxygen atoms in total. The van der Waals surface area contributed by atoms with Gasteiger partial charge in [-0.3, -0.25) is 15.1 Å². The lowest BCUT2D eigenvalue weighted by atomic mass is 9.91. The van der Waals surface area contributed by atoms with E-state index in [-0.39, 0.29) is 23.1 Å². The number of carbonyl (C=O) groups is 3. The third kappa shape index (κ3) is 6.10. The van der Waals surface area contributed by atoms with Gasteiger partial charge in [0, 0.05) is 21.8 Å². The van der Waals surface area contributed by atoms with Crippen LogP contribution in [0.25, 0.3) is 0 Å². The molecule has 1 aliphatic heterocycles. The highest BCUT2D eigenvalue weighted by atomic mass is 79.9. The van der Waals surface area contributed by atoms with E-state index < -0.39 is 64.1 Å². The van der Waals surface area contributed by atoms with E-state index in [4.69, 9.17) is 14.9 Å². The first-order valence-electron chi connectivity index (χ1n) is 12.0. The van der Waals surface area contributed by atoms with E-state index in [1.165, 1.54) is 18.7 Å². The summed E-state index contributed by atoms with van der Waals surface area (Å²) in [6.07, 6.45) is -1.56. The molecule has 1 heterocycles. The Hall–Kier alpha value is -2.63. The van der Waals surface area contributed by atoms with Gasteiger partial charge in [-0.1, -0.05) is 15.9 Å². The van der Waals surface area contributed by atoms with Crippen molar-refractivity contribution in [3.05, 3.63) is 33.5 Å². The van der Waals surface area contributed by atoms with Gasteiger partial charge in [-0.05, 0) is 72.0 Å². The molecule has 1 amide bonds. The normalized spacial score (nSPS) is 23.2. The van der Waals surface area contributed by atoms with Gasteiger partial charge in [0.2, 0.25) is 0 Å². The smallest absolute Gasteiger partial charge is 0.417 e. The van der Waals surface area contributed by atoms with Crippen molar-refractivity contribution in [2.75, 3.05) is 6.61 Å². The predicted molar refractivity (Wildman–Crippen MR) is 133 cm³/mol. The van der Waals surface area contributed by atoms with Crippen molar-refractivity contribution in [2.45, 2.75) is 89.7 Å². The first kappa shape index (κ1) is 28.9. The monoisotopic (exact) mass is 589 g/mol. The third-order valence-corrected chi connectivity index (χ3v) is 7.35. The van der Waals surface area contributed by atoms with E-state index in [0.29, 0.717) is 19.3 Å². The number of ketones is 1. The largest absolute Gasteiger partial charge is 0.464 e. The summed E-state index contributed by atoms with van der Waals surface area (Å²) in [6.45, 7) is 8.05. The molecule has 1 spiro atoms. The summed E-state index contributed by atoms with van der Waals surface area (Å²) in [6, 6.07) is -2.70.